The third-order valence-electron chi connectivity index (χ3n) is 4.52. The average molecular weight is 323 g/mol. The fraction of sp³-hybridized carbons (Fsp3) is 0.211. The number of benzene rings is 2. The molecule has 0 bridgehead atoms. The van der Waals surface area contributed by atoms with Crippen LogP contribution in [0.5, 0.6) is 0 Å². The second kappa shape index (κ2) is 6.00. The molecule has 1 aliphatic heterocycles. The molecule has 4 rings (SSSR count). The molecule has 0 atom stereocenters. The van der Waals surface area contributed by atoms with Gasteiger partial charge in [-0.25, -0.2) is 4.39 Å². The lowest BCUT2D eigenvalue weighted by molar-refractivity contribution is 0.0741. The molecule has 1 aliphatic rings. The molecule has 1 aromatic heterocycles. The number of hydrogen-bond donors (Lipinski definition) is 1. The zero-order chi connectivity index (χ0) is 16.5. The van der Waals surface area contributed by atoms with Crippen molar-refractivity contribution in [2.75, 3.05) is 31.1 Å². The largest absolute Gasteiger partial charge is 0.366 e. The topological polar surface area (TPSA) is 39.3 Å². The van der Waals surface area contributed by atoms with Crippen molar-refractivity contribution in [2.24, 2.45) is 0 Å². The molecule has 24 heavy (non-hydrogen) atoms. The molecule has 0 unspecified atom stereocenters. The van der Waals surface area contributed by atoms with Gasteiger partial charge in [-0.15, -0.1) is 0 Å². The lowest BCUT2D eigenvalue weighted by atomic mass is 10.2. The Kier molecular flexibility index (Phi) is 3.69. The van der Waals surface area contributed by atoms with Gasteiger partial charge in [0.1, 0.15) is 11.5 Å². The van der Waals surface area contributed by atoms with Gasteiger partial charge in [0.15, 0.2) is 0 Å². The van der Waals surface area contributed by atoms with Crippen LogP contribution in [0.15, 0.2) is 54.6 Å². The standard InChI is InChI=1S/C19H18FN3O/c20-15-6-2-4-8-18(15)22-9-11-23(12-10-22)19(24)17-13-14-5-1-3-7-16(14)21-17/h1-8,13,21H,9-12H2. The van der Waals surface area contributed by atoms with E-state index in [2.05, 4.69) is 4.98 Å². The SMILES string of the molecule is O=C(c1cc2ccccc2[nH]1)N1CCN(c2ccccc2F)CC1. The highest BCUT2D eigenvalue weighted by Crippen LogP contribution is 2.21. The Labute approximate surface area is 139 Å². The Morgan fingerprint density at radius 3 is 2.42 bits per heavy atom. The van der Waals surface area contributed by atoms with Crippen molar-refractivity contribution in [1.82, 2.24) is 9.88 Å². The maximum Gasteiger partial charge on any atom is 0.270 e. The number of aromatic nitrogens is 1. The summed E-state index contributed by atoms with van der Waals surface area (Å²) < 4.78 is 13.9. The fourth-order valence-corrected chi connectivity index (χ4v) is 3.22. The molecule has 0 radical (unpaired) electrons. The summed E-state index contributed by atoms with van der Waals surface area (Å²) in [5, 5.41) is 1.03. The van der Waals surface area contributed by atoms with Crippen LogP contribution in [0.3, 0.4) is 0 Å². The molecule has 1 saturated heterocycles. The van der Waals surface area contributed by atoms with E-state index >= 15 is 0 Å². The second-order valence-corrected chi connectivity index (χ2v) is 6.00. The highest BCUT2D eigenvalue weighted by molar-refractivity contribution is 5.98. The quantitative estimate of drug-likeness (QED) is 0.786. The molecule has 1 amide bonds. The number of hydrogen-bond acceptors (Lipinski definition) is 2. The molecule has 1 fully saturated rings. The minimum Gasteiger partial charge on any atom is -0.366 e. The van der Waals surface area contributed by atoms with E-state index < -0.39 is 0 Å². The third-order valence-corrected chi connectivity index (χ3v) is 4.52. The third kappa shape index (κ3) is 2.62. The van der Waals surface area contributed by atoms with Crippen molar-refractivity contribution < 1.29 is 9.18 Å². The normalized spacial score (nSPS) is 15.0. The Morgan fingerprint density at radius 1 is 0.958 bits per heavy atom. The minimum atomic E-state index is -0.215. The number of nitrogens with one attached hydrogen (secondary N) is 1. The van der Waals surface area contributed by atoms with Crippen LogP contribution in [0.4, 0.5) is 10.1 Å². The molecule has 2 aromatic carbocycles. The maximum absolute atomic E-state index is 13.9. The number of amides is 1. The van der Waals surface area contributed by atoms with Crippen LogP contribution < -0.4 is 4.90 Å². The highest BCUT2D eigenvalue weighted by Gasteiger charge is 2.24. The fourth-order valence-electron chi connectivity index (χ4n) is 3.22. The Hall–Kier alpha value is -2.82. The zero-order valence-electron chi connectivity index (χ0n) is 13.2. The molecular weight excluding hydrogens is 305 g/mol. The lowest BCUT2D eigenvalue weighted by Crippen LogP contribution is -2.49. The number of carbonyl (C=O) groups is 1. The number of fused-ring (bicyclic) bond motifs is 1. The minimum absolute atomic E-state index is 0.000571. The van der Waals surface area contributed by atoms with Crippen LogP contribution in [0.1, 0.15) is 10.5 Å². The molecule has 1 N–H and O–H groups in total. The Morgan fingerprint density at radius 2 is 1.67 bits per heavy atom. The predicted molar refractivity (Wildman–Crippen MR) is 92.8 cm³/mol. The molecule has 122 valence electrons. The molecule has 5 heteroatoms. The molecule has 0 saturated carbocycles. The summed E-state index contributed by atoms with van der Waals surface area (Å²) in [7, 11) is 0. The van der Waals surface area contributed by atoms with Gasteiger partial charge in [0.05, 0.1) is 5.69 Å². The van der Waals surface area contributed by atoms with Crippen LogP contribution in [0.25, 0.3) is 10.9 Å². The first-order chi connectivity index (χ1) is 11.7. The molecule has 2 heterocycles. The number of piperazine rings is 1. The van der Waals surface area contributed by atoms with Gasteiger partial charge in [0.2, 0.25) is 0 Å². The number of carbonyl (C=O) groups excluding carboxylic acids is 1. The molecular formula is C19H18FN3O. The van der Waals surface area contributed by atoms with Crippen LogP contribution >= 0.6 is 0 Å². The molecule has 0 spiro atoms. The van der Waals surface area contributed by atoms with Gasteiger partial charge in [0.25, 0.3) is 5.91 Å². The van der Waals surface area contributed by atoms with Gasteiger partial charge < -0.3 is 14.8 Å². The smallest absolute Gasteiger partial charge is 0.270 e. The van der Waals surface area contributed by atoms with Gasteiger partial charge in [0, 0.05) is 37.1 Å². The van der Waals surface area contributed by atoms with E-state index in [-0.39, 0.29) is 11.7 Å². The van der Waals surface area contributed by atoms with Crippen molar-refractivity contribution in [1.29, 1.82) is 0 Å². The van der Waals surface area contributed by atoms with Crippen LogP contribution in [-0.4, -0.2) is 42.0 Å². The Bertz CT molecular complexity index is 848. The van der Waals surface area contributed by atoms with E-state index in [1.165, 1.54) is 6.07 Å². The number of H-pyrrole nitrogens is 1. The van der Waals surface area contributed by atoms with Gasteiger partial charge in [-0.2, -0.15) is 0 Å². The molecule has 4 nitrogen and oxygen atoms in total. The first-order valence-electron chi connectivity index (χ1n) is 8.09. The summed E-state index contributed by atoms with van der Waals surface area (Å²) in [5.41, 5.74) is 2.18. The van der Waals surface area contributed by atoms with Gasteiger partial charge >= 0.3 is 0 Å². The van der Waals surface area contributed by atoms with E-state index in [1.54, 1.807) is 12.1 Å². The summed E-state index contributed by atoms with van der Waals surface area (Å²) in [6.45, 7) is 2.44. The van der Waals surface area contributed by atoms with Crippen molar-refractivity contribution >= 4 is 22.5 Å². The van der Waals surface area contributed by atoms with E-state index in [9.17, 15) is 9.18 Å². The predicted octanol–water partition coefficient (Wildman–Crippen LogP) is 3.27. The van der Waals surface area contributed by atoms with Crippen LogP contribution in [0.2, 0.25) is 0 Å². The number of nitrogens with zero attached hydrogens (tertiary/aromatic N) is 2. The van der Waals surface area contributed by atoms with E-state index in [1.807, 2.05) is 46.2 Å². The van der Waals surface area contributed by atoms with Gasteiger partial charge in [-0.3, -0.25) is 4.79 Å². The number of anilines is 1. The number of halogens is 1. The average Bonchev–Trinajstić information content (AvgIpc) is 3.06. The zero-order valence-corrected chi connectivity index (χ0v) is 13.2. The number of rotatable bonds is 2. The number of aromatic amines is 1. The van der Waals surface area contributed by atoms with Gasteiger partial charge in [-0.05, 0) is 24.3 Å². The monoisotopic (exact) mass is 323 g/mol. The summed E-state index contributed by atoms with van der Waals surface area (Å²) in [5.74, 6) is -0.215. The highest BCUT2D eigenvalue weighted by atomic mass is 19.1. The van der Waals surface area contributed by atoms with Crippen molar-refractivity contribution in [3.8, 4) is 0 Å². The van der Waals surface area contributed by atoms with Crippen LogP contribution in [-0.2, 0) is 0 Å². The van der Waals surface area contributed by atoms with Crippen molar-refractivity contribution in [3.05, 3.63) is 66.1 Å². The summed E-state index contributed by atoms with van der Waals surface area (Å²) in [4.78, 5) is 19.7. The maximum atomic E-state index is 13.9. The lowest BCUT2D eigenvalue weighted by Gasteiger charge is -2.36. The molecule has 3 aromatic rings. The van der Waals surface area contributed by atoms with Gasteiger partial charge in [-0.1, -0.05) is 30.3 Å². The first kappa shape index (κ1) is 14.8. The van der Waals surface area contributed by atoms with E-state index in [0.717, 1.165) is 10.9 Å². The second-order valence-electron chi connectivity index (χ2n) is 6.00. The Balaban J connectivity index is 1.47. The van der Waals surface area contributed by atoms with E-state index in [4.69, 9.17) is 0 Å². The van der Waals surface area contributed by atoms with Crippen molar-refractivity contribution in [3.63, 3.8) is 0 Å². The summed E-state index contributed by atoms with van der Waals surface area (Å²) >= 11 is 0. The first-order valence-corrected chi connectivity index (χ1v) is 8.09. The van der Waals surface area contributed by atoms with Crippen LogP contribution in [0, 0.1) is 5.82 Å². The summed E-state index contributed by atoms with van der Waals surface area (Å²) in [6, 6.07) is 16.5. The number of para-hydroxylation sites is 2. The summed E-state index contributed by atoms with van der Waals surface area (Å²) in [6.07, 6.45) is 0. The van der Waals surface area contributed by atoms with E-state index in [0.29, 0.717) is 37.6 Å². The van der Waals surface area contributed by atoms with Crippen molar-refractivity contribution in [2.45, 2.75) is 0 Å². The molecule has 0 aliphatic carbocycles.